The highest BCUT2D eigenvalue weighted by atomic mass is 16.5. The maximum absolute atomic E-state index is 12.6. The van der Waals surface area contributed by atoms with Crippen molar-refractivity contribution in [2.45, 2.75) is 128 Å². The van der Waals surface area contributed by atoms with Crippen LogP contribution in [0.25, 0.3) is 11.1 Å². The van der Waals surface area contributed by atoms with Gasteiger partial charge < -0.3 is 14.8 Å². The Balaban J connectivity index is 0.745. The molecule has 7 aliphatic rings. The molecular weight excluding hydrogens is 657 g/mol. The topological polar surface area (TPSA) is 67.9 Å². The van der Waals surface area contributed by atoms with E-state index in [1.165, 1.54) is 79.3 Å². The van der Waals surface area contributed by atoms with E-state index in [1.807, 2.05) is 0 Å². The van der Waals surface area contributed by atoms with Crippen molar-refractivity contribution in [3.8, 4) is 11.1 Å². The standard InChI is InChI=1S/C47H60N2O4/c1-30-24-44-43(27-47(53-44)21-19-38-39-17-16-32-25-33(50)18-20-46(32,3)42(39)26-40(38)31(47)2)49(28-30)23-11-5-4-10-22-48-45(51)52-29-41-36-14-8-6-12-34(36)35-13-7-9-15-37(35)41/h6-9,12-16,30,38-39,41-44H,4-5,10-11,17-29H2,1-3H3,(H,48,51)/t30-,38-,39-,42-,43?,44+,46-,47+/m0/s1. The van der Waals surface area contributed by atoms with Crippen molar-refractivity contribution in [2.24, 2.45) is 29.1 Å². The molecule has 6 heteroatoms. The second-order valence-corrected chi connectivity index (χ2v) is 18.3. The summed E-state index contributed by atoms with van der Waals surface area (Å²) in [4.78, 5) is 27.8. The summed E-state index contributed by atoms with van der Waals surface area (Å²) in [6, 6.07) is 17.4. The third-order valence-corrected chi connectivity index (χ3v) is 15.4. The van der Waals surface area contributed by atoms with Gasteiger partial charge in [-0.15, -0.1) is 0 Å². The number of carbonyl (C=O) groups excluding carboxylic acids is 2. The number of nitrogens with one attached hydrogen (secondary N) is 1. The largest absolute Gasteiger partial charge is 0.449 e. The summed E-state index contributed by atoms with van der Waals surface area (Å²) in [5.41, 5.74) is 9.90. The van der Waals surface area contributed by atoms with Gasteiger partial charge in [0.15, 0.2) is 0 Å². The molecule has 8 atom stereocenters. The van der Waals surface area contributed by atoms with E-state index >= 15 is 0 Å². The van der Waals surface area contributed by atoms with Crippen LogP contribution in [0.2, 0.25) is 0 Å². The van der Waals surface area contributed by atoms with Crippen LogP contribution >= 0.6 is 0 Å². The monoisotopic (exact) mass is 716 g/mol. The van der Waals surface area contributed by atoms with Crippen molar-refractivity contribution in [3.05, 3.63) is 82.5 Å². The Morgan fingerprint density at radius 3 is 2.57 bits per heavy atom. The van der Waals surface area contributed by atoms with Crippen LogP contribution in [-0.4, -0.2) is 60.8 Å². The van der Waals surface area contributed by atoms with Gasteiger partial charge in [0, 0.05) is 37.9 Å². The van der Waals surface area contributed by atoms with E-state index < -0.39 is 0 Å². The smallest absolute Gasteiger partial charge is 0.407 e. The summed E-state index contributed by atoms with van der Waals surface area (Å²) in [5, 5.41) is 3.01. The van der Waals surface area contributed by atoms with Gasteiger partial charge in [-0.25, -0.2) is 4.79 Å². The number of benzene rings is 2. The van der Waals surface area contributed by atoms with Gasteiger partial charge in [0.25, 0.3) is 0 Å². The van der Waals surface area contributed by atoms with Crippen molar-refractivity contribution < 1.29 is 19.1 Å². The lowest BCUT2D eigenvalue weighted by Gasteiger charge is -2.47. The highest BCUT2D eigenvalue weighted by molar-refractivity contribution is 5.83. The van der Waals surface area contributed by atoms with Crippen molar-refractivity contribution in [2.75, 3.05) is 26.2 Å². The molecule has 4 fully saturated rings. The molecule has 9 rings (SSSR count). The molecule has 1 amide bonds. The van der Waals surface area contributed by atoms with E-state index in [4.69, 9.17) is 9.47 Å². The van der Waals surface area contributed by atoms with E-state index in [9.17, 15) is 9.59 Å². The van der Waals surface area contributed by atoms with Gasteiger partial charge in [-0.05, 0) is 128 Å². The normalized spacial score (nSPS) is 34.5. The first-order chi connectivity index (χ1) is 25.7. The van der Waals surface area contributed by atoms with Crippen LogP contribution < -0.4 is 5.32 Å². The minimum Gasteiger partial charge on any atom is -0.449 e. The molecule has 0 aromatic heterocycles. The lowest BCUT2D eigenvalue weighted by molar-refractivity contribution is -0.121. The molecule has 282 valence electrons. The number of hydrogen-bond donors (Lipinski definition) is 1. The Bertz CT molecular complexity index is 1770. The SMILES string of the molecule is CC1=C2C[C@H]3[C@@H](CC=C4CC(=O)CC[C@@]43C)[C@@H]2CC[C@@]12CC1[C@@H](C[C@H](C)CN1CCCCCCNC(=O)OCC1c3ccccc3-c3ccccc31)O2. The third-order valence-electron chi connectivity index (χ3n) is 15.4. The van der Waals surface area contributed by atoms with E-state index in [-0.39, 0.29) is 23.0 Å². The highest BCUT2D eigenvalue weighted by Crippen LogP contribution is 2.64. The molecule has 2 saturated heterocycles. The summed E-state index contributed by atoms with van der Waals surface area (Å²) < 4.78 is 13.0. The van der Waals surface area contributed by atoms with Gasteiger partial charge in [0.05, 0.1) is 11.7 Å². The van der Waals surface area contributed by atoms with E-state index in [0.717, 1.165) is 44.6 Å². The number of fused-ring (bicyclic) bond motifs is 9. The number of Topliss-reactive ketones (excluding diaryl/α,β-unsaturated/α-hetero) is 1. The number of ether oxygens (including phenoxy) is 2. The number of alkyl carbamates (subject to hydrolysis) is 1. The zero-order chi connectivity index (χ0) is 36.3. The average molecular weight is 717 g/mol. The first-order valence-corrected chi connectivity index (χ1v) is 21.2. The molecule has 0 bridgehead atoms. The Labute approximate surface area is 317 Å². The highest BCUT2D eigenvalue weighted by Gasteiger charge is 2.58. The number of unbranched alkanes of at least 4 members (excludes halogenated alkanes) is 3. The molecule has 2 aliphatic heterocycles. The second kappa shape index (κ2) is 14.1. The number of hydrogen-bond acceptors (Lipinski definition) is 5. The van der Waals surface area contributed by atoms with Crippen LogP contribution in [0.15, 0.2) is 71.3 Å². The van der Waals surface area contributed by atoms with Crippen LogP contribution in [0, 0.1) is 29.1 Å². The van der Waals surface area contributed by atoms with Gasteiger partial charge in [-0.3, -0.25) is 9.69 Å². The second-order valence-electron chi connectivity index (χ2n) is 18.3. The Morgan fingerprint density at radius 1 is 1.02 bits per heavy atom. The van der Waals surface area contributed by atoms with Crippen molar-refractivity contribution in [1.29, 1.82) is 0 Å². The molecule has 53 heavy (non-hydrogen) atoms. The molecule has 2 saturated carbocycles. The molecule has 1 spiro atoms. The summed E-state index contributed by atoms with van der Waals surface area (Å²) in [6.45, 7) is 10.7. The van der Waals surface area contributed by atoms with Gasteiger partial charge in [0.2, 0.25) is 0 Å². The van der Waals surface area contributed by atoms with Crippen LogP contribution in [-0.2, 0) is 14.3 Å². The lowest BCUT2D eigenvalue weighted by Crippen LogP contribution is -2.49. The minimum atomic E-state index is -0.313. The van der Waals surface area contributed by atoms with Gasteiger partial charge in [-0.2, -0.15) is 0 Å². The predicted octanol–water partition coefficient (Wildman–Crippen LogP) is 9.78. The van der Waals surface area contributed by atoms with Crippen LogP contribution in [0.5, 0.6) is 0 Å². The third kappa shape index (κ3) is 6.24. The quantitative estimate of drug-likeness (QED) is 0.207. The zero-order valence-electron chi connectivity index (χ0n) is 32.3. The summed E-state index contributed by atoms with van der Waals surface area (Å²) in [6.07, 6.45) is 16.6. The molecule has 1 unspecified atom stereocenters. The first-order valence-electron chi connectivity index (χ1n) is 21.2. The molecule has 2 aromatic carbocycles. The maximum atomic E-state index is 12.6. The number of amides is 1. The Hall–Kier alpha value is -3.22. The molecule has 6 nitrogen and oxygen atoms in total. The molecule has 2 aromatic rings. The Morgan fingerprint density at radius 2 is 1.77 bits per heavy atom. The van der Waals surface area contributed by atoms with Gasteiger partial charge >= 0.3 is 6.09 Å². The molecule has 5 aliphatic carbocycles. The van der Waals surface area contributed by atoms with E-state index in [1.54, 1.807) is 11.1 Å². The fourth-order valence-corrected chi connectivity index (χ4v) is 12.6. The van der Waals surface area contributed by atoms with Crippen LogP contribution in [0.3, 0.4) is 0 Å². The number of likely N-dealkylation sites (tertiary alicyclic amines) is 1. The lowest BCUT2D eigenvalue weighted by atomic mass is 9.57. The van der Waals surface area contributed by atoms with Crippen molar-refractivity contribution >= 4 is 11.9 Å². The number of allylic oxidation sites excluding steroid dienone is 3. The van der Waals surface area contributed by atoms with Crippen LogP contribution in [0.1, 0.15) is 121 Å². The number of ketones is 1. The van der Waals surface area contributed by atoms with Gasteiger partial charge in [-0.1, -0.05) is 92.4 Å². The fraction of sp³-hybridized carbons (Fsp3) is 0.617. The molecule has 2 heterocycles. The van der Waals surface area contributed by atoms with Crippen LogP contribution in [0.4, 0.5) is 4.79 Å². The summed E-state index contributed by atoms with van der Waals surface area (Å²) in [5.74, 6) is 3.33. The zero-order valence-corrected chi connectivity index (χ0v) is 32.3. The predicted molar refractivity (Wildman–Crippen MR) is 210 cm³/mol. The van der Waals surface area contributed by atoms with Crippen molar-refractivity contribution in [1.82, 2.24) is 10.2 Å². The van der Waals surface area contributed by atoms with Crippen molar-refractivity contribution in [3.63, 3.8) is 0 Å². The fourth-order valence-electron chi connectivity index (χ4n) is 12.6. The molecule has 1 N–H and O–H groups in total. The molecular formula is C47H60N2O4. The van der Waals surface area contributed by atoms with E-state index in [0.29, 0.717) is 55.3 Å². The summed E-state index contributed by atoms with van der Waals surface area (Å²) >= 11 is 0. The number of piperidine rings is 1. The van der Waals surface area contributed by atoms with Gasteiger partial charge in [0.1, 0.15) is 12.4 Å². The first kappa shape index (κ1) is 35.5. The van der Waals surface area contributed by atoms with E-state index in [2.05, 4.69) is 85.6 Å². The maximum Gasteiger partial charge on any atom is 0.407 e. The number of carbonyl (C=O) groups is 2. The summed E-state index contributed by atoms with van der Waals surface area (Å²) in [7, 11) is 0. The Kier molecular flexibility index (Phi) is 9.46. The minimum absolute atomic E-state index is 0.0819. The number of rotatable bonds is 9. The molecule has 0 radical (unpaired) electrons. The average Bonchev–Trinajstić information content (AvgIpc) is 3.83. The number of nitrogens with zero attached hydrogens (tertiary/aromatic N) is 1.